The topological polar surface area (TPSA) is 77.0 Å². The molecule has 0 aromatic heterocycles. The van der Waals surface area contributed by atoms with Crippen LogP contribution in [-0.4, -0.2) is 58.9 Å². The van der Waals surface area contributed by atoms with E-state index in [2.05, 4.69) is 21.6 Å². The fourth-order valence-electron chi connectivity index (χ4n) is 8.44. The summed E-state index contributed by atoms with van der Waals surface area (Å²) in [7, 11) is 1.79. The maximum atomic E-state index is 13.4. The van der Waals surface area contributed by atoms with E-state index in [1.807, 2.05) is 18.2 Å². The fraction of sp³-hybridized carbons (Fsp3) is 0.654. The zero-order valence-corrected chi connectivity index (χ0v) is 19.3. The average molecular weight is 448 g/mol. The standard InChI is InChI=1S/C26H33N5O2/c1-30-20-10-6-5-9-19(20)21(16-7-3-2-4-8-16)27-22(23(30)32)28-24(33)29-25-11-17-13-26(15-25)14-18(12-25)31(17)26/h5-6,9-10,16-18,22H,2-4,7-8,11-15H2,1H3,(H2,28,29,33). The second kappa shape index (κ2) is 6.81. The molecule has 174 valence electrons. The van der Waals surface area contributed by atoms with Crippen LogP contribution in [0.3, 0.4) is 0 Å². The summed E-state index contributed by atoms with van der Waals surface area (Å²) < 4.78 is 0. The average Bonchev–Trinajstić information content (AvgIpc) is 2.89. The molecule has 3 atom stereocenters. The number of rotatable bonds is 3. The number of piperidine rings is 4. The molecule has 7 heteroatoms. The number of benzodiazepines with no additional fused rings is 1. The van der Waals surface area contributed by atoms with E-state index in [9.17, 15) is 9.59 Å². The maximum absolute atomic E-state index is 13.4. The number of nitrogens with zero attached hydrogens (tertiary/aromatic N) is 3. The van der Waals surface area contributed by atoms with Crippen LogP contribution in [0.15, 0.2) is 29.3 Å². The number of aliphatic imine (C=N–C) groups is 1. The van der Waals surface area contributed by atoms with Crippen LogP contribution < -0.4 is 15.5 Å². The summed E-state index contributed by atoms with van der Waals surface area (Å²) in [6.07, 6.45) is 10.7. The molecule has 9 rings (SSSR count). The number of nitrogens with one attached hydrogen (secondary N) is 2. The van der Waals surface area contributed by atoms with E-state index in [0.717, 1.165) is 49.1 Å². The van der Waals surface area contributed by atoms with Crippen molar-refractivity contribution in [2.45, 2.75) is 93.5 Å². The van der Waals surface area contributed by atoms with Crippen LogP contribution in [-0.2, 0) is 4.79 Å². The van der Waals surface area contributed by atoms with Gasteiger partial charge in [-0.15, -0.1) is 0 Å². The highest BCUT2D eigenvalue weighted by Gasteiger charge is 2.74. The van der Waals surface area contributed by atoms with E-state index < -0.39 is 6.17 Å². The lowest BCUT2D eigenvalue weighted by Gasteiger charge is -2.81. The van der Waals surface area contributed by atoms with Gasteiger partial charge in [-0.2, -0.15) is 0 Å². The zero-order valence-electron chi connectivity index (χ0n) is 19.3. The van der Waals surface area contributed by atoms with Crippen LogP contribution in [0.25, 0.3) is 0 Å². The van der Waals surface area contributed by atoms with Gasteiger partial charge in [0.15, 0.2) is 0 Å². The Bertz CT molecular complexity index is 1040. The molecule has 8 aliphatic rings. The molecule has 3 unspecified atom stereocenters. The minimum absolute atomic E-state index is 0.108. The van der Waals surface area contributed by atoms with E-state index in [1.54, 1.807) is 11.9 Å². The summed E-state index contributed by atoms with van der Waals surface area (Å²) in [5.74, 6) is 0.162. The summed E-state index contributed by atoms with van der Waals surface area (Å²) in [5, 5.41) is 6.32. The lowest BCUT2D eigenvalue weighted by molar-refractivity contribution is -0.289. The molecule has 3 amide bonds. The van der Waals surface area contributed by atoms with Crippen LogP contribution in [0.4, 0.5) is 10.5 Å². The Kier molecular flexibility index (Phi) is 4.13. The quantitative estimate of drug-likeness (QED) is 0.747. The number of fused-ring (bicyclic) bond motifs is 1. The molecule has 1 aromatic carbocycles. The van der Waals surface area contributed by atoms with Gasteiger partial charge in [0.2, 0.25) is 6.17 Å². The highest BCUT2D eigenvalue weighted by molar-refractivity contribution is 6.13. The van der Waals surface area contributed by atoms with Gasteiger partial charge in [0.25, 0.3) is 5.91 Å². The number of amides is 3. The molecule has 2 N–H and O–H groups in total. The molecule has 33 heavy (non-hydrogen) atoms. The van der Waals surface area contributed by atoms with E-state index in [4.69, 9.17) is 4.99 Å². The molecular formula is C26H33N5O2. The third kappa shape index (κ3) is 2.81. The van der Waals surface area contributed by atoms with Gasteiger partial charge in [-0.3, -0.25) is 14.7 Å². The van der Waals surface area contributed by atoms with Gasteiger partial charge in [-0.25, -0.2) is 4.79 Å². The first kappa shape index (κ1) is 20.0. The number of hydrogen-bond acceptors (Lipinski definition) is 4. The molecule has 3 saturated carbocycles. The maximum Gasteiger partial charge on any atom is 0.317 e. The Morgan fingerprint density at radius 1 is 1.06 bits per heavy atom. The zero-order chi connectivity index (χ0) is 22.4. The predicted octanol–water partition coefficient (Wildman–Crippen LogP) is 3.18. The largest absolute Gasteiger partial charge is 0.332 e. The van der Waals surface area contributed by atoms with Crippen molar-refractivity contribution >= 4 is 23.3 Å². The Hall–Kier alpha value is -2.41. The molecule has 4 saturated heterocycles. The van der Waals surface area contributed by atoms with Crippen LogP contribution in [0, 0.1) is 5.92 Å². The second-order valence-corrected chi connectivity index (χ2v) is 11.5. The summed E-state index contributed by atoms with van der Waals surface area (Å²) in [5.41, 5.74) is 3.16. The van der Waals surface area contributed by atoms with E-state index in [-0.39, 0.29) is 17.5 Å². The molecule has 5 heterocycles. The van der Waals surface area contributed by atoms with E-state index >= 15 is 0 Å². The van der Waals surface area contributed by atoms with Crippen LogP contribution in [0.5, 0.6) is 0 Å². The fourth-order valence-corrected chi connectivity index (χ4v) is 8.44. The Morgan fingerprint density at radius 3 is 2.52 bits per heavy atom. The first-order chi connectivity index (χ1) is 16.0. The first-order valence-electron chi connectivity index (χ1n) is 12.8. The van der Waals surface area contributed by atoms with Crippen LogP contribution >= 0.6 is 0 Å². The van der Waals surface area contributed by atoms with E-state index in [1.165, 1.54) is 32.1 Å². The third-order valence-electron chi connectivity index (χ3n) is 9.50. The number of urea groups is 1. The summed E-state index contributed by atoms with van der Waals surface area (Å²) >= 11 is 0. The van der Waals surface area contributed by atoms with Gasteiger partial charge in [0.05, 0.1) is 11.4 Å². The molecule has 3 aliphatic carbocycles. The molecule has 0 radical (unpaired) electrons. The molecule has 5 bridgehead atoms. The van der Waals surface area contributed by atoms with Crippen molar-refractivity contribution in [1.29, 1.82) is 0 Å². The lowest BCUT2D eigenvalue weighted by atomic mass is 9.45. The number of likely N-dealkylation sites (N-methyl/N-ethyl adjacent to an activating group) is 1. The second-order valence-electron chi connectivity index (χ2n) is 11.5. The Morgan fingerprint density at radius 2 is 1.79 bits per heavy atom. The van der Waals surface area contributed by atoms with Crippen molar-refractivity contribution in [2.24, 2.45) is 10.9 Å². The van der Waals surface area contributed by atoms with Crippen molar-refractivity contribution in [1.82, 2.24) is 15.5 Å². The van der Waals surface area contributed by atoms with Crippen molar-refractivity contribution in [3.8, 4) is 0 Å². The van der Waals surface area contributed by atoms with Gasteiger partial charge >= 0.3 is 6.03 Å². The number of benzene rings is 1. The van der Waals surface area contributed by atoms with Gasteiger partial charge in [0, 0.05) is 41.7 Å². The third-order valence-corrected chi connectivity index (χ3v) is 9.50. The molecule has 5 aliphatic heterocycles. The number of carbonyl (C=O) groups excluding carboxylic acids is 2. The summed E-state index contributed by atoms with van der Waals surface area (Å²) in [6, 6.07) is 9.07. The molecule has 7 fully saturated rings. The molecular weight excluding hydrogens is 414 g/mol. The molecule has 7 nitrogen and oxygen atoms in total. The summed E-state index contributed by atoms with van der Waals surface area (Å²) in [6.45, 7) is 0. The highest BCUT2D eigenvalue weighted by Crippen LogP contribution is 2.67. The van der Waals surface area contributed by atoms with Gasteiger partial charge < -0.3 is 15.5 Å². The number of carbonyl (C=O) groups is 2. The number of para-hydroxylation sites is 1. The van der Waals surface area contributed by atoms with Crippen molar-refractivity contribution < 1.29 is 9.59 Å². The predicted molar refractivity (Wildman–Crippen MR) is 126 cm³/mol. The van der Waals surface area contributed by atoms with Crippen molar-refractivity contribution in [3.63, 3.8) is 0 Å². The van der Waals surface area contributed by atoms with Gasteiger partial charge in [-0.1, -0.05) is 37.5 Å². The molecule has 1 spiro atoms. The highest BCUT2D eigenvalue weighted by atomic mass is 16.2. The first-order valence-corrected chi connectivity index (χ1v) is 12.8. The minimum Gasteiger partial charge on any atom is -0.332 e. The van der Waals surface area contributed by atoms with Gasteiger partial charge in [0.1, 0.15) is 0 Å². The van der Waals surface area contributed by atoms with Crippen LogP contribution in [0.2, 0.25) is 0 Å². The monoisotopic (exact) mass is 447 g/mol. The smallest absolute Gasteiger partial charge is 0.317 e. The number of hydrogen-bond donors (Lipinski definition) is 2. The lowest BCUT2D eigenvalue weighted by Crippen LogP contribution is -2.90. The molecule has 1 aromatic rings. The summed E-state index contributed by atoms with van der Waals surface area (Å²) in [4.78, 5) is 36.0. The normalized spacial score (nSPS) is 39.1. The minimum atomic E-state index is -0.887. The van der Waals surface area contributed by atoms with Crippen LogP contribution in [0.1, 0.15) is 69.8 Å². The van der Waals surface area contributed by atoms with Crippen molar-refractivity contribution in [3.05, 3.63) is 29.8 Å². The number of anilines is 1. The Labute approximate surface area is 195 Å². The van der Waals surface area contributed by atoms with Crippen molar-refractivity contribution in [2.75, 3.05) is 11.9 Å². The SMILES string of the molecule is CN1C(=O)C(NC(=O)NC23CC4CC5(CC(C2)N45)C3)N=C(C2CCCCC2)c2ccccc21. The van der Waals surface area contributed by atoms with Gasteiger partial charge in [-0.05, 0) is 51.0 Å². The Balaban J connectivity index is 1.15. The van der Waals surface area contributed by atoms with E-state index in [0.29, 0.717) is 23.5 Å².